The Labute approximate surface area is 54.5 Å². The Kier molecular flexibility index (Phi) is 888. The summed E-state index contributed by atoms with van der Waals surface area (Å²) in [6.45, 7) is 0. The Morgan fingerprint density at radius 3 is 0.600 bits per heavy atom. The van der Waals surface area contributed by atoms with Crippen molar-refractivity contribution in [1.82, 2.24) is 0 Å². The van der Waals surface area contributed by atoms with E-state index in [1.165, 1.54) is 0 Å². The molecule has 0 saturated heterocycles. The number of rotatable bonds is 0. The summed E-state index contributed by atoms with van der Waals surface area (Å²) in [5.74, 6) is 0. The Hall–Kier alpha value is 1.48. The molecule has 3 heteroatoms. The van der Waals surface area contributed by atoms with E-state index in [4.69, 9.17) is 0 Å². The number of hydrogen-bond acceptors (Lipinski definition) is 0. The fourth-order valence-electron chi connectivity index (χ4n) is 0. The van der Waals surface area contributed by atoms with Gasteiger partial charge in [0.25, 0.3) is 0 Å². The van der Waals surface area contributed by atoms with Crippen molar-refractivity contribution in [2.45, 2.75) is 0 Å². The Bertz CT molecular complexity index is 7.61. The molecule has 5 heavy (non-hydrogen) atoms. The van der Waals surface area contributed by atoms with E-state index in [2.05, 4.69) is 0 Å². The van der Waals surface area contributed by atoms with Crippen molar-refractivity contribution in [3.63, 3.8) is 0 Å². The zero-order valence-corrected chi connectivity index (χ0v) is 8.21. The first kappa shape index (κ1) is 88.6. The summed E-state index contributed by atoms with van der Waals surface area (Å²) in [5.41, 5.74) is 0. The molecule has 0 aliphatic rings. The summed E-state index contributed by atoms with van der Waals surface area (Å²) >= 11 is 0. The Morgan fingerprint density at radius 1 is 0.600 bits per heavy atom. The molecule has 0 fully saturated rings. The standard InChI is InChI=1S/2CH3.2H3P.Rh/h4*1H3;/q2*-1;;;+3. The van der Waals surface area contributed by atoms with Gasteiger partial charge in [-0.3, -0.25) is 0 Å². The molecular weight excluding hydrogens is 189 g/mol. The molecule has 2 atom stereocenters. The topological polar surface area (TPSA) is 0 Å². The third-order valence-corrected chi connectivity index (χ3v) is 0. The Balaban J connectivity index is 0. The van der Waals surface area contributed by atoms with Crippen LogP contribution in [0.4, 0.5) is 0 Å². The normalized spacial score (nSPS) is 0. The van der Waals surface area contributed by atoms with Crippen molar-refractivity contribution in [2.75, 3.05) is 0 Å². The molecule has 0 aliphatic heterocycles. The van der Waals surface area contributed by atoms with Gasteiger partial charge in [-0.05, 0) is 0 Å². The molecule has 0 aromatic carbocycles. The summed E-state index contributed by atoms with van der Waals surface area (Å²) in [7, 11) is 0. The monoisotopic (exact) mass is 201 g/mol. The maximum Gasteiger partial charge on any atom is 3.00 e. The molecule has 2 unspecified atom stereocenters. The molecule has 0 N–H and O–H groups in total. The van der Waals surface area contributed by atoms with Gasteiger partial charge in [-0.2, -0.15) is 19.8 Å². The largest absolute Gasteiger partial charge is 3.00 e. The van der Waals surface area contributed by atoms with Gasteiger partial charge in [0.2, 0.25) is 0 Å². The van der Waals surface area contributed by atoms with Crippen LogP contribution in [0.3, 0.4) is 0 Å². The predicted octanol–water partition coefficient (Wildman–Crippen LogP) is 1.01. The summed E-state index contributed by atoms with van der Waals surface area (Å²) in [6, 6.07) is 0. The summed E-state index contributed by atoms with van der Waals surface area (Å²) in [6.07, 6.45) is 0. The van der Waals surface area contributed by atoms with Crippen LogP contribution in [0.15, 0.2) is 0 Å². The van der Waals surface area contributed by atoms with Crippen LogP contribution in [-0.4, -0.2) is 0 Å². The van der Waals surface area contributed by atoms with Gasteiger partial charge in [0.1, 0.15) is 0 Å². The summed E-state index contributed by atoms with van der Waals surface area (Å²) < 4.78 is 0. The van der Waals surface area contributed by atoms with Crippen molar-refractivity contribution in [1.29, 1.82) is 0 Å². The molecule has 0 nitrogen and oxygen atoms in total. The smallest absolute Gasteiger partial charge is 0.358 e. The molecule has 0 radical (unpaired) electrons. The third kappa shape index (κ3) is 30.2. The minimum atomic E-state index is 0. The van der Waals surface area contributed by atoms with E-state index in [1.54, 1.807) is 0 Å². The first-order chi connectivity index (χ1) is 0. The molecule has 0 aromatic heterocycles. The van der Waals surface area contributed by atoms with Gasteiger partial charge in [0.05, 0.1) is 0 Å². The minimum Gasteiger partial charge on any atom is -0.358 e. The molecule has 0 spiro atoms. The van der Waals surface area contributed by atoms with Gasteiger partial charge in [-0.15, -0.1) is 0 Å². The van der Waals surface area contributed by atoms with E-state index in [0.717, 1.165) is 0 Å². The van der Waals surface area contributed by atoms with E-state index < -0.39 is 0 Å². The van der Waals surface area contributed by atoms with Crippen molar-refractivity contribution >= 4 is 19.8 Å². The summed E-state index contributed by atoms with van der Waals surface area (Å²) in [4.78, 5) is 0. The molecule has 38 valence electrons. The van der Waals surface area contributed by atoms with Gasteiger partial charge >= 0.3 is 19.5 Å². The Morgan fingerprint density at radius 2 is 0.600 bits per heavy atom. The van der Waals surface area contributed by atoms with Crippen LogP contribution in [-0.2, 0) is 19.5 Å². The van der Waals surface area contributed by atoms with Crippen molar-refractivity contribution in [2.24, 2.45) is 0 Å². The second-order valence-corrected chi connectivity index (χ2v) is 0. The van der Waals surface area contributed by atoms with Gasteiger partial charge in [0.15, 0.2) is 0 Å². The molecular formula is C2H12P2Rh+. The molecule has 0 bridgehead atoms. The average molecular weight is 201 g/mol. The van der Waals surface area contributed by atoms with Crippen LogP contribution >= 0.6 is 19.8 Å². The fourth-order valence-corrected chi connectivity index (χ4v) is 0. The maximum atomic E-state index is 0. The van der Waals surface area contributed by atoms with Crippen LogP contribution in [0, 0.1) is 14.9 Å². The zero-order chi connectivity index (χ0) is 0. The fraction of sp³-hybridized carbons (Fsp3) is 0. The quantitative estimate of drug-likeness (QED) is 0.311. The van der Waals surface area contributed by atoms with Crippen LogP contribution in [0.25, 0.3) is 0 Å². The predicted molar refractivity (Wildman–Crippen MR) is 35.0 cm³/mol. The third-order valence-electron chi connectivity index (χ3n) is 0. The molecule has 0 amide bonds. The SMILES string of the molecule is P.P.[CH3-].[CH3-].[Rh+3]. The van der Waals surface area contributed by atoms with Gasteiger partial charge in [-0.25, -0.2) is 0 Å². The van der Waals surface area contributed by atoms with E-state index >= 15 is 0 Å². The first-order valence-electron chi connectivity index (χ1n) is 0. The zero-order valence-electron chi connectivity index (χ0n) is 3.75. The van der Waals surface area contributed by atoms with Crippen LogP contribution in [0.5, 0.6) is 0 Å². The van der Waals surface area contributed by atoms with E-state index in [9.17, 15) is 0 Å². The molecule has 0 rings (SSSR count). The van der Waals surface area contributed by atoms with Crippen LogP contribution in [0.2, 0.25) is 0 Å². The van der Waals surface area contributed by atoms with Crippen molar-refractivity contribution in [3.05, 3.63) is 14.9 Å². The van der Waals surface area contributed by atoms with Gasteiger partial charge in [0, 0.05) is 0 Å². The van der Waals surface area contributed by atoms with E-state index in [-0.39, 0.29) is 54.1 Å². The van der Waals surface area contributed by atoms with Gasteiger partial charge in [-0.1, -0.05) is 0 Å². The molecule has 0 heterocycles. The summed E-state index contributed by atoms with van der Waals surface area (Å²) in [5, 5.41) is 0. The molecule has 0 aromatic rings. The molecule has 0 aliphatic carbocycles. The first-order valence-corrected chi connectivity index (χ1v) is 0. The maximum absolute atomic E-state index is 0. The average Bonchev–Trinajstić information content (AvgIpc) is 0. The van der Waals surface area contributed by atoms with E-state index in [0.29, 0.717) is 0 Å². The second-order valence-electron chi connectivity index (χ2n) is 0. The second kappa shape index (κ2) is 50.1. The minimum absolute atomic E-state index is 0. The van der Waals surface area contributed by atoms with Crippen LogP contribution < -0.4 is 0 Å². The van der Waals surface area contributed by atoms with Crippen LogP contribution in [0.1, 0.15) is 0 Å². The van der Waals surface area contributed by atoms with Crippen molar-refractivity contribution < 1.29 is 19.5 Å². The van der Waals surface area contributed by atoms with E-state index in [1.807, 2.05) is 0 Å². The molecule has 0 saturated carbocycles. The number of hydrogen-bond donors (Lipinski definition) is 0. The van der Waals surface area contributed by atoms with Crippen molar-refractivity contribution in [3.8, 4) is 0 Å². The van der Waals surface area contributed by atoms with Gasteiger partial charge < -0.3 is 14.9 Å².